The molecule has 0 aliphatic rings. The first kappa shape index (κ1) is 16.0. The third kappa shape index (κ3) is 4.30. The molecule has 1 amide bonds. The van der Waals surface area contributed by atoms with Crippen molar-refractivity contribution in [1.82, 2.24) is 4.98 Å². The first-order valence-electron chi connectivity index (χ1n) is 6.77. The van der Waals surface area contributed by atoms with Crippen molar-refractivity contribution in [2.75, 3.05) is 11.1 Å². The number of halogens is 1. The Morgan fingerprint density at radius 3 is 2.45 bits per heavy atom. The number of carbonyl (C=O) groups is 2. The number of Topliss-reactive ketones (excluding diaryl/α,β-unsaturated/α-hetero) is 1. The van der Waals surface area contributed by atoms with Crippen molar-refractivity contribution in [3.05, 3.63) is 52.7 Å². The van der Waals surface area contributed by atoms with Gasteiger partial charge in [-0.05, 0) is 43.3 Å². The summed E-state index contributed by atoms with van der Waals surface area (Å²) in [6.45, 7) is 1.75. The zero-order valence-corrected chi connectivity index (χ0v) is 12.9. The number of nitrogens with zero attached hydrogens (tertiary/aromatic N) is 1. The predicted molar refractivity (Wildman–Crippen MR) is 87.0 cm³/mol. The third-order valence-electron chi connectivity index (χ3n) is 3.13. The molecule has 0 saturated heterocycles. The average molecular weight is 318 g/mol. The summed E-state index contributed by atoms with van der Waals surface area (Å²) in [5.41, 5.74) is 7.33. The van der Waals surface area contributed by atoms with Gasteiger partial charge in [-0.25, -0.2) is 4.98 Å². The fourth-order valence-corrected chi connectivity index (χ4v) is 2.06. The summed E-state index contributed by atoms with van der Waals surface area (Å²) in [4.78, 5) is 27.9. The highest BCUT2D eigenvalue weighted by Crippen LogP contribution is 2.15. The highest BCUT2D eigenvalue weighted by molar-refractivity contribution is 6.30. The van der Waals surface area contributed by atoms with Crippen LogP contribution in [0.5, 0.6) is 0 Å². The zero-order chi connectivity index (χ0) is 16.1. The molecule has 6 heteroatoms. The number of anilines is 2. The van der Waals surface area contributed by atoms with Crippen molar-refractivity contribution < 1.29 is 9.59 Å². The van der Waals surface area contributed by atoms with Crippen LogP contribution in [0.2, 0.25) is 5.02 Å². The molecule has 0 aliphatic carbocycles. The van der Waals surface area contributed by atoms with E-state index in [0.717, 1.165) is 0 Å². The standard InChI is InChI=1S/C16H16ClN3O2/c1-10-13(6-8-15(18)19-10)20-16(22)9-7-14(21)11-2-4-12(17)5-3-11/h2-6,8H,7,9H2,1H3,(H2,18,19)(H,20,22). The van der Waals surface area contributed by atoms with Gasteiger partial charge >= 0.3 is 0 Å². The van der Waals surface area contributed by atoms with Crippen molar-refractivity contribution >= 4 is 34.8 Å². The molecular weight excluding hydrogens is 302 g/mol. The second-order valence-corrected chi connectivity index (χ2v) is 5.28. The molecule has 1 heterocycles. The number of pyridine rings is 1. The predicted octanol–water partition coefficient (Wildman–Crippen LogP) is 3.23. The van der Waals surface area contributed by atoms with E-state index < -0.39 is 0 Å². The van der Waals surface area contributed by atoms with E-state index in [4.69, 9.17) is 17.3 Å². The number of benzene rings is 1. The molecule has 22 heavy (non-hydrogen) atoms. The van der Waals surface area contributed by atoms with Crippen molar-refractivity contribution in [3.8, 4) is 0 Å². The molecule has 0 radical (unpaired) electrons. The molecule has 0 spiro atoms. The van der Waals surface area contributed by atoms with Crippen LogP contribution in [-0.2, 0) is 4.79 Å². The van der Waals surface area contributed by atoms with E-state index in [9.17, 15) is 9.59 Å². The summed E-state index contributed by atoms with van der Waals surface area (Å²) in [6, 6.07) is 9.90. The minimum absolute atomic E-state index is 0.0982. The van der Waals surface area contributed by atoms with Crippen molar-refractivity contribution in [2.24, 2.45) is 0 Å². The van der Waals surface area contributed by atoms with Gasteiger partial charge in [0.15, 0.2) is 5.78 Å². The van der Waals surface area contributed by atoms with Gasteiger partial charge < -0.3 is 11.1 Å². The molecular formula is C16H16ClN3O2. The van der Waals surface area contributed by atoms with E-state index in [1.807, 2.05) is 0 Å². The maximum atomic E-state index is 12.0. The summed E-state index contributed by atoms with van der Waals surface area (Å²) < 4.78 is 0. The van der Waals surface area contributed by atoms with Crippen LogP contribution in [0.1, 0.15) is 28.9 Å². The van der Waals surface area contributed by atoms with Crippen LogP contribution in [0.4, 0.5) is 11.5 Å². The van der Waals surface area contributed by atoms with Gasteiger partial charge in [0.25, 0.3) is 0 Å². The Morgan fingerprint density at radius 2 is 1.82 bits per heavy atom. The number of carbonyl (C=O) groups excluding carboxylic acids is 2. The first-order chi connectivity index (χ1) is 10.5. The summed E-state index contributed by atoms with van der Waals surface area (Å²) in [6.07, 6.45) is 0.236. The number of nitrogens with one attached hydrogen (secondary N) is 1. The van der Waals surface area contributed by atoms with E-state index in [1.165, 1.54) is 0 Å². The maximum Gasteiger partial charge on any atom is 0.224 e. The number of amides is 1. The Kier molecular flexibility index (Phi) is 5.12. The summed E-state index contributed by atoms with van der Waals surface area (Å²) in [7, 11) is 0. The van der Waals surface area contributed by atoms with Crippen molar-refractivity contribution in [3.63, 3.8) is 0 Å². The van der Waals surface area contributed by atoms with Crippen LogP contribution in [0.15, 0.2) is 36.4 Å². The third-order valence-corrected chi connectivity index (χ3v) is 3.38. The van der Waals surface area contributed by atoms with Gasteiger partial charge in [-0.1, -0.05) is 11.6 Å². The summed E-state index contributed by atoms with van der Waals surface area (Å²) in [5, 5.41) is 3.29. The lowest BCUT2D eigenvalue weighted by atomic mass is 10.1. The number of hydrogen-bond acceptors (Lipinski definition) is 4. The minimum Gasteiger partial charge on any atom is -0.384 e. The van der Waals surface area contributed by atoms with Crippen LogP contribution in [-0.4, -0.2) is 16.7 Å². The highest BCUT2D eigenvalue weighted by atomic mass is 35.5. The van der Waals surface area contributed by atoms with Crippen LogP contribution in [0.3, 0.4) is 0 Å². The van der Waals surface area contributed by atoms with Crippen LogP contribution < -0.4 is 11.1 Å². The molecule has 114 valence electrons. The lowest BCUT2D eigenvalue weighted by molar-refractivity contribution is -0.116. The Hall–Kier alpha value is -2.40. The number of ketones is 1. The largest absolute Gasteiger partial charge is 0.384 e. The SMILES string of the molecule is Cc1nc(N)ccc1NC(=O)CCC(=O)c1ccc(Cl)cc1. The lowest BCUT2D eigenvalue weighted by Gasteiger charge is -2.08. The second-order valence-electron chi connectivity index (χ2n) is 4.85. The quantitative estimate of drug-likeness (QED) is 0.829. The normalized spacial score (nSPS) is 10.3. The molecule has 5 nitrogen and oxygen atoms in total. The van der Waals surface area contributed by atoms with Gasteiger partial charge in [0.05, 0.1) is 11.4 Å². The van der Waals surface area contributed by atoms with Crippen LogP contribution >= 0.6 is 11.6 Å². The molecule has 0 atom stereocenters. The molecule has 0 unspecified atom stereocenters. The fraction of sp³-hybridized carbons (Fsp3) is 0.188. The smallest absolute Gasteiger partial charge is 0.224 e. The van der Waals surface area contributed by atoms with Crippen molar-refractivity contribution in [2.45, 2.75) is 19.8 Å². The first-order valence-corrected chi connectivity index (χ1v) is 7.15. The Morgan fingerprint density at radius 1 is 1.14 bits per heavy atom. The Bertz CT molecular complexity index is 699. The van der Waals surface area contributed by atoms with Gasteiger partial charge in [-0.3, -0.25) is 9.59 Å². The molecule has 0 aliphatic heterocycles. The molecule has 2 rings (SSSR count). The zero-order valence-electron chi connectivity index (χ0n) is 12.1. The molecule has 0 fully saturated rings. The summed E-state index contributed by atoms with van der Waals surface area (Å²) in [5.74, 6) is 0.0596. The Labute approximate surface area is 133 Å². The Balaban J connectivity index is 1.89. The van der Waals surface area contributed by atoms with E-state index in [0.29, 0.717) is 27.8 Å². The number of aromatic nitrogens is 1. The lowest BCUT2D eigenvalue weighted by Crippen LogP contribution is -2.14. The second kappa shape index (κ2) is 7.04. The number of nitrogens with two attached hydrogens (primary N) is 1. The van der Waals surface area contributed by atoms with Gasteiger partial charge in [0.2, 0.25) is 5.91 Å². The molecule has 0 saturated carbocycles. The number of nitrogen functional groups attached to an aromatic ring is 1. The summed E-state index contributed by atoms with van der Waals surface area (Å²) >= 11 is 5.77. The molecule has 1 aromatic heterocycles. The van der Waals surface area contributed by atoms with Crippen LogP contribution in [0, 0.1) is 6.92 Å². The van der Waals surface area contributed by atoms with Crippen LogP contribution in [0.25, 0.3) is 0 Å². The average Bonchev–Trinajstić information content (AvgIpc) is 2.48. The molecule has 0 bridgehead atoms. The number of hydrogen-bond donors (Lipinski definition) is 2. The van der Waals surface area contributed by atoms with E-state index in [-0.39, 0.29) is 24.5 Å². The van der Waals surface area contributed by atoms with Gasteiger partial charge in [0.1, 0.15) is 5.82 Å². The number of aryl methyl sites for hydroxylation is 1. The van der Waals surface area contributed by atoms with Crippen molar-refractivity contribution in [1.29, 1.82) is 0 Å². The van der Waals surface area contributed by atoms with Gasteiger partial charge in [-0.15, -0.1) is 0 Å². The van der Waals surface area contributed by atoms with Gasteiger partial charge in [-0.2, -0.15) is 0 Å². The maximum absolute atomic E-state index is 12.0. The van der Waals surface area contributed by atoms with E-state index in [2.05, 4.69) is 10.3 Å². The topological polar surface area (TPSA) is 85.1 Å². The van der Waals surface area contributed by atoms with E-state index in [1.54, 1.807) is 43.3 Å². The molecule has 1 aromatic carbocycles. The monoisotopic (exact) mass is 317 g/mol. The molecule has 2 aromatic rings. The highest BCUT2D eigenvalue weighted by Gasteiger charge is 2.10. The fourth-order valence-electron chi connectivity index (χ4n) is 1.93. The number of rotatable bonds is 5. The van der Waals surface area contributed by atoms with Gasteiger partial charge in [0, 0.05) is 23.4 Å². The van der Waals surface area contributed by atoms with E-state index >= 15 is 0 Å². The minimum atomic E-state index is -0.239. The molecule has 3 N–H and O–H groups in total.